The van der Waals surface area contributed by atoms with Gasteiger partial charge in [0.1, 0.15) is 6.61 Å². The van der Waals surface area contributed by atoms with Crippen molar-refractivity contribution in [2.24, 2.45) is 0 Å². The van der Waals surface area contributed by atoms with E-state index in [0.29, 0.717) is 16.8 Å². The lowest BCUT2D eigenvalue weighted by atomic mass is 10.2. The summed E-state index contributed by atoms with van der Waals surface area (Å²) in [5.74, 6) is 5.02. The number of hydrogen-bond acceptors (Lipinski definition) is 4. The zero-order valence-electron chi connectivity index (χ0n) is 10.4. The summed E-state index contributed by atoms with van der Waals surface area (Å²) in [7, 11) is 0. The van der Waals surface area contributed by atoms with Gasteiger partial charge in [-0.15, -0.1) is 11.3 Å². The van der Waals surface area contributed by atoms with Gasteiger partial charge in [0, 0.05) is 11.1 Å². The molecule has 0 saturated carbocycles. The summed E-state index contributed by atoms with van der Waals surface area (Å²) in [5.41, 5.74) is 1.56. The monoisotopic (exact) mass is 282 g/mol. The second-order valence-electron chi connectivity index (χ2n) is 3.81. The highest BCUT2D eigenvalue weighted by Gasteiger charge is 2.08. The Balaban J connectivity index is 2.12. The smallest absolute Gasteiger partial charge is 0.256 e. The number of rotatable bonds is 2. The molecule has 2 aromatic rings. The molecule has 0 aliphatic carbocycles. The van der Waals surface area contributed by atoms with Crippen LogP contribution in [0.4, 0.5) is 5.69 Å². The van der Waals surface area contributed by atoms with Crippen LogP contribution in [-0.4, -0.2) is 17.6 Å². The number of anilines is 1. The maximum absolute atomic E-state index is 12.0. The molecule has 0 saturated heterocycles. The molecule has 4 nitrogen and oxygen atoms in total. The van der Waals surface area contributed by atoms with Gasteiger partial charge in [0.05, 0.1) is 22.1 Å². The minimum Gasteiger partial charge on any atom is -0.384 e. The lowest BCUT2D eigenvalue weighted by Crippen LogP contribution is -2.10. The number of aliphatic hydroxyl groups is 1. The normalized spacial score (nSPS) is 9.20. The van der Waals surface area contributed by atoms with E-state index >= 15 is 0 Å². The molecule has 0 spiro atoms. The van der Waals surface area contributed by atoms with Crippen molar-refractivity contribution in [2.45, 2.75) is 0 Å². The first-order valence-corrected chi connectivity index (χ1v) is 6.60. The van der Waals surface area contributed by atoms with Crippen LogP contribution in [0, 0.1) is 23.2 Å². The Labute approximate surface area is 120 Å². The number of aliphatic hydroxyl groups excluding tert-OH is 1. The van der Waals surface area contributed by atoms with Crippen molar-refractivity contribution >= 4 is 22.9 Å². The third kappa shape index (κ3) is 3.46. The fraction of sp³-hybridized carbons (Fsp3) is 0.0667. The summed E-state index contributed by atoms with van der Waals surface area (Å²) < 4.78 is 0. The van der Waals surface area contributed by atoms with Crippen molar-refractivity contribution in [1.29, 1.82) is 5.26 Å². The van der Waals surface area contributed by atoms with Crippen molar-refractivity contribution in [3.05, 3.63) is 51.7 Å². The van der Waals surface area contributed by atoms with Gasteiger partial charge in [-0.05, 0) is 24.3 Å². The molecule has 0 aliphatic heterocycles. The summed E-state index contributed by atoms with van der Waals surface area (Å²) in [6.45, 7) is -0.208. The molecule has 0 atom stereocenters. The summed E-state index contributed by atoms with van der Waals surface area (Å²) >= 11 is 1.34. The van der Waals surface area contributed by atoms with Crippen LogP contribution in [0.25, 0.3) is 0 Å². The maximum Gasteiger partial charge on any atom is 0.256 e. The number of nitrogens with zero attached hydrogens (tertiary/aromatic N) is 1. The first-order valence-electron chi connectivity index (χ1n) is 5.72. The second kappa shape index (κ2) is 6.53. The number of nitriles is 1. The largest absolute Gasteiger partial charge is 0.384 e. The van der Waals surface area contributed by atoms with Gasteiger partial charge in [-0.2, -0.15) is 5.26 Å². The highest BCUT2D eigenvalue weighted by molar-refractivity contribution is 7.10. The summed E-state index contributed by atoms with van der Waals surface area (Å²) in [5, 5.41) is 21.8. The predicted octanol–water partition coefficient (Wildman–Crippen LogP) is 2.22. The van der Waals surface area contributed by atoms with Crippen LogP contribution in [0.1, 0.15) is 20.8 Å². The molecule has 1 heterocycles. The highest BCUT2D eigenvalue weighted by atomic mass is 32.1. The van der Waals surface area contributed by atoms with Crippen LogP contribution in [0.2, 0.25) is 0 Å². The van der Waals surface area contributed by atoms with Gasteiger partial charge in [-0.25, -0.2) is 0 Å². The van der Waals surface area contributed by atoms with Crippen molar-refractivity contribution < 1.29 is 9.90 Å². The molecular formula is C15H10N2O2S. The molecule has 0 fully saturated rings. The Morgan fingerprint density at radius 2 is 2.25 bits per heavy atom. The summed E-state index contributed by atoms with van der Waals surface area (Å²) in [6.07, 6.45) is 0. The third-order valence-electron chi connectivity index (χ3n) is 2.40. The van der Waals surface area contributed by atoms with E-state index in [2.05, 4.69) is 17.2 Å². The number of carbonyl (C=O) groups is 1. The van der Waals surface area contributed by atoms with Crippen LogP contribution in [0.5, 0.6) is 0 Å². The van der Waals surface area contributed by atoms with E-state index in [4.69, 9.17) is 10.4 Å². The predicted molar refractivity (Wildman–Crippen MR) is 77.4 cm³/mol. The van der Waals surface area contributed by atoms with Gasteiger partial charge in [-0.3, -0.25) is 4.79 Å². The van der Waals surface area contributed by atoms with E-state index < -0.39 is 0 Å². The number of amides is 1. The van der Waals surface area contributed by atoms with Gasteiger partial charge >= 0.3 is 0 Å². The average Bonchev–Trinajstić information content (AvgIpc) is 2.94. The molecule has 98 valence electrons. The lowest BCUT2D eigenvalue weighted by Gasteiger charge is -2.03. The zero-order chi connectivity index (χ0) is 14.4. The molecular weight excluding hydrogens is 272 g/mol. The van der Waals surface area contributed by atoms with Crippen molar-refractivity contribution in [3.8, 4) is 17.9 Å². The van der Waals surface area contributed by atoms with Gasteiger partial charge in [0.2, 0.25) is 0 Å². The van der Waals surface area contributed by atoms with E-state index in [1.54, 1.807) is 35.7 Å². The molecule has 2 N–H and O–H groups in total. The molecule has 0 unspecified atom stereocenters. The quantitative estimate of drug-likeness (QED) is 0.829. The number of benzene rings is 1. The SMILES string of the molecule is N#Cc1cccc(NC(=O)c2csc(C#CCO)c2)c1. The summed E-state index contributed by atoms with van der Waals surface area (Å²) in [6, 6.07) is 10.4. The fourth-order valence-corrected chi connectivity index (χ4v) is 2.27. The minimum absolute atomic E-state index is 0.208. The van der Waals surface area contributed by atoms with Gasteiger partial charge in [-0.1, -0.05) is 17.9 Å². The second-order valence-corrected chi connectivity index (χ2v) is 4.72. The Kier molecular flexibility index (Phi) is 4.52. The van der Waals surface area contributed by atoms with Crippen LogP contribution in [-0.2, 0) is 0 Å². The Hall–Kier alpha value is -2.60. The van der Waals surface area contributed by atoms with Gasteiger partial charge < -0.3 is 10.4 Å². The van der Waals surface area contributed by atoms with Gasteiger partial charge in [0.15, 0.2) is 0 Å². The van der Waals surface area contributed by atoms with Gasteiger partial charge in [0.25, 0.3) is 5.91 Å². The van der Waals surface area contributed by atoms with Crippen molar-refractivity contribution in [2.75, 3.05) is 11.9 Å². The number of carbonyl (C=O) groups excluding carboxylic acids is 1. The molecule has 1 aromatic carbocycles. The van der Waals surface area contributed by atoms with Crippen molar-refractivity contribution in [3.63, 3.8) is 0 Å². The fourth-order valence-electron chi connectivity index (χ4n) is 1.52. The Morgan fingerprint density at radius 1 is 1.40 bits per heavy atom. The number of hydrogen-bond donors (Lipinski definition) is 2. The molecule has 20 heavy (non-hydrogen) atoms. The first-order chi connectivity index (χ1) is 9.72. The first kappa shape index (κ1) is 13.8. The molecule has 2 rings (SSSR count). The molecule has 0 aliphatic rings. The minimum atomic E-state index is -0.256. The number of thiophene rings is 1. The Morgan fingerprint density at radius 3 is 3.00 bits per heavy atom. The topological polar surface area (TPSA) is 73.1 Å². The number of nitrogens with one attached hydrogen (secondary N) is 1. The van der Waals surface area contributed by atoms with Crippen LogP contribution < -0.4 is 5.32 Å². The zero-order valence-corrected chi connectivity index (χ0v) is 11.2. The maximum atomic E-state index is 12.0. The van der Waals surface area contributed by atoms with E-state index in [0.717, 1.165) is 4.88 Å². The summed E-state index contributed by atoms with van der Waals surface area (Å²) in [4.78, 5) is 12.7. The van der Waals surface area contributed by atoms with Crippen LogP contribution >= 0.6 is 11.3 Å². The van der Waals surface area contributed by atoms with E-state index in [1.807, 2.05) is 6.07 Å². The van der Waals surface area contributed by atoms with E-state index in [1.165, 1.54) is 11.3 Å². The lowest BCUT2D eigenvalue weighted by molar-refractivity contribution is 0.102. The van der Waals surface area contributed by atoms with E-state index in [9.17, 15) is 4.79 Å². The van der Waals surface area contributed by atoms with Crippen molar-refractivity contribution in [1.82, 2.24) is 0 Å². The Bertz CT molecular complexity index is 732. The third-order valence-corrected chi connectivity index (χ3v) is 3.25. The van der Waals surface area contributed by atoms with Crippen LogP contribution in [0.3, 0.4) is 0 Å². The average molecular weight is 282 g/mol. The molecule has 0 bridgehead atoms. The van der Waals surface area contributed by atoms with Crippen LogP contribution in [0.15, 0.2) is 35.7 Å². The molecule has 1 aromatic heterocycles. The standard InChI is InChI=1S/C15H10N2O2S/c16-9-11-3-1-4-13(7-11)17-15(19)12-8-14(20-10-12)5-2-6-18/h1,3-4,7-8,10,18H,6H2,(H,17,19). The highest BCUT2D eigenvalue weighted by Crippen LogP contribution is 2.16. The molecule has 1 amide bonds. The van der Waals surface area contributed by atoms with E-state index in [-0.39, 0.29) is 12.5 Å². The molecule has 5 heteroatoms. The molecule has 0 radical (unpaired) electrons.